The van der Waals surface area contributed by atoms with Gasteiger partial charge in [0, 0.05) is 22.8 Å². The molecule has 0 saturated heterocycles. The van der Waals surface area contributed by atoms with Gasteiger partial charge in [0.1, 0.15) is 0 Å². The van der Waals surface area contributed by atoms with Gasteiger partial charge in [-0.1, -0.05) is 72.7 Å². The molecular formula is C21H24BrN3O2S2. The van der Waals surface area contributed by atoms with Gasteiger partial charge in [0.25, 0.3) is 0 Å². The number of sulfone groups is 1. The summed E-state index contributed by atoms with van der Waals surface area (Å²) in [7, 11) is -1.42. The number of hydrogen-bond donors (Lipinski definition) is 0. The number of hydrogen-bond acceptors (Lipinski definition) is 5. The second-order valence-electron chi connectivity index (χ2n) is 7.81. The van der Waals surface area contributed by atoms with Crippen molar-refractivity contribution < 1.29 is 8.42 Å². The molecule has 0 saturated carbocycles. The molecule has 8 heteroatoms. The number of benzene rings is 2. The molecule has 0 unspecified atom stereocenters. The predicted molar refractivity (Wildman–Crippen MR) is 122 cm³/mol. The topological polar surface area (TPSA) is 64.8 Å². The van der Waals surface area contributed by atoms with E-state index in [1.807, 2.05) is 11.6 Å². The van der Waals surface area contributed by atoms with E-state index in [1.165, 1.54) is 17.3 Å². The van der Waals surface area contributed by atoms with Gasteiger partial charge in [-0.2, -0.15) is 0 Å². The van der Waals surface area contributed by atoms with E-state index >= 15 is 0 Å². The first kappa shape index (κ1) is 22.1. The molecule has 0 spiro atoms. The predicted octanol–water partition coefficient (Wildman–Crippen LogP) is 5.11. The van der Waals surface area contributed by atoms with Crippen LogP contribution in [0, 0.1) is 0 Å². The van der Waals surface area contributed by atoms with Crippen molar-refractivity contribution in [2.75, 3.05) is 11.5 Å². The summed E-state index contributed by atoms with van der Waals surface area (Å²) in [4.78, 5) is 0.332. The summed E-state index contributed by atoms with van der Waals surface area (Å²) in [6, 6.07) is 15.0. The molecule has 5 nitrogen and oxygen atoms in total. The molecule has 0 fully saturated rings. The van der Waals surface area contributed by atoms with Crippen molar-refractivity contribution in [3.05, 3.63) is 58.6 Å². The van der Waals surface area contributed by atoms with Gasteiger partial charge in [-0.3, -0.25) is 0 Å². The summed E-state index contributed by atoms with van der Waals surface area (Å²) >= 11 is 4.72. The smallest absolute Gasteiger partial charge is 0.191 e. The van der Waals surface area contributed by atoms with E-state index in [4.69, 9.17) is 0 Å². The zero-order valence-electron chi connectivity index (χ0n) is 16.9. The number of aromatic nitrogens is 3. The first-order valence-electron chi connectivity index (χ1n) is 9.19. The lowest BCUT2D eigenvalue weighted by Gasteiger charge is -2.19. The van der Waals surface area contributed by atoms with Crippen molar-refractivity contribution >= 4 is 37.5 Å². The molecule has 0 N–H and O–H groups in total. The van der Waals surface area contributed by atoms with Crippen LogP contribution in [0.3, 0.4) is 0 Å². The van der Waals surface area contributed by atoms with Crippen LogP contribution in [-0.2, 0) is 22.3 Å². The van der Waals surface area contributed by atoms with Gasteiger partial charge in [-0.25, -0.2) is 8.42 Å². The lowest BCUT2D eigenvalue weighted by Crippen LogP contribution is -2.10. The summed E-state index contributed by atoms with van der Waals surface area (Å²) in [6.45, 7) is 6.55. The highest BCUT2D eigenvalue weighted by Crippen LogP contribution is 2.27. The Balaban J connectivity index is 1.68. The quantitative estimate of drug-likeness (QED) is 0.446. The highest BCUT2D eigenvalue weighted by Gasteiger charge is 2.17. The Labute approximate surface area is 185 Å². The van der Waals surface area contributed by atoms with Gasteiger partial charge in [-0.05, 0) is 35.2 Å². The summed E-state index contributed by atoms with van der Waals surface area (Å²) in [5, 5.41) is 9.24. The van der Waals surface area contributed by atoms with E-state index in [9.17, 15) is 8.42 Å². The van der Waals surface area contributed by atoms with Gasteiger partial charge in [-0.15, -0.1) is 10.2 Å². The van der Waals surface area contributed by atoms with Crippen LogP contribution in [0.5, 0.6) is 0 Å². The fourth-order valence-corrected chi connectivity index (χ4v) is 5.64. The Morgan fingerprint density at radius 1 is 1.00 bits per heavy atom. The number of thioether (sulfide) groups is 1. The van der Waals surface area contributed by atoms with Gasteiger partial charge in [0.05, 0.1) is 10.6 Å². The standard InChI is InChI=1S/C21H24BrN3O2S2/c1-21(2,3)16-7-5-15(6-8-16)19-23-24-20(25(19)4)28-13-14-29(26,27)18-11-9-17(22)10-12-18/h5-12H,13-14H2,1-4H3. The van der Waals surface area contributed by atoms with Crippen molar-refractivity contribution in [1.29, 1.82) is 0 Å². The molecule has 0 aliphatic carbocycles. The normalized spacial score (nSPS) is 12.3. The Kier molecular flexibility index (Phi) is 6.55. The van der Waals surface area contributed by atoms with Crippen LogP contribution in [0.25, 0.3) is 11.4 Å². The largest absolute Gasteiger partial charge is 0.305 e. The summed E-state index contributed by atoms with van der Waals surface area (Å²) in [5.41, 5.74) is 2.35. The monoisotopic (exact) mass is 493 g/mol. The lowest BCUT2D eigenvalue weighted by atomic mass is 9.87. The fraction of sp³-hybridized carbons (Fsp3) is 0.333. The van der Waals surface area contributed by atoms with Crippen LogP contribution < -0.4 is 0 Å². The van der Waals surface area contributed by atoms with E-state index in [0.717, 1.165) is 15.9 Å². The molecule has 3 aromatic rings. The Morgan fingerprint density at radius 3 is 2.21 bits per heavy atom. The molecule has 0 atom stereocenters. The average Bonchev–Trinajstić information content (AvgIpc) is 3.02. The van der Waals surface area contributed by atoms with E-state index < -0.39 is 9.84 Å². The van der Waals surface area contributed by atoms with Crippen molar-refractivity contribution in [3.8, 4) is 11.4 Å². The highest BCUT2D eigenvalue weighted by molar-refractivity contribution is 9.10. The van der Waals surface area contributed by atoms with E-state index in [1.54, 1.807) is 24.3 Å². The summed E-state index contributed by atoms with van der Waals surface area (Å²) in [6.07, 6.45) is 0. The molecule has 0 bridgehead atoms. The molecule has 2 aromatic carbocycles. The highest BCUT2D eigenvalue weighted by atomic mass is 79.9. The van der Waals surface area contributed by atoms with Gasteiger partial charge in [0.15, 0.2) is 20.8 Å². The van der Waals surface area contributed by atoms with Crippen molar-refractivity contribution in [3.63, 3.8) is 0 Å². The molecule has 0 aliphatic heterocycles. The van der Waals surface area contributed by atoms with E-state index in [0.29, 0.717) is 15.8 Å². The fourth-order valence-electron chi connectivity index (χ4n) is 2.81. The maximum absolute atomic E-state index is 12.5. The third-order valence-corrected chi connectivity index (χ3v) is 8.14. The maximum Gasteiger partial charge on any atom is 0.191 e. The zero-order valence-corrected chi connectivity index (χ0v) is 20.1. The van der Waals surface area contributed by atoms with Crippen LogP contribution >= 0.6 is 27.7 Å². The van der Waals surface area contributed by atoms with Gasteiger partial charge in [0.2, 0.25) is 0 Å². The van der Waals surface area contributed by atoms with Crippen LogP contribution in [0.2, 0.25) is 0 Å². The zero-order chi connectivity index (χ0) is 21.2. The minimum atomic E-state index is -3.32. The molecular weight excluding hydrogens is 470 g/mol. The van der Waals surface area contributed by atoms with Crippen LogP contribution in [0.1, 0.15) is 26.3 Å². The molecule has 0 amide bonds. The molecule has 0 radical (unpaired) electrons. The van der Waals surface area contributed by atoms with Crippen molar-refractivity contribution in [2.45, 2.75) is 36.2 Å². The third-order valence-electron chi connectivity index (χ3n) is 4.60. The molecule has 154 valence electrons. The molecule has 29 heavy (non-hydrogen) atoms. The minimum Gasteiger partial charge on any atom is -0.305 e. The van der Waals surface area contributed by atoms with Crippen molar-refractivity contribution in [2.24, 2.45) is 7.05 Å². The van der Waals surface area contributed by atoms with Crippen LogP contribution in [-0.4, -0.2) is 34.7 Å². The Hall–Kier alpha value is -1.64. The summed E-state index contributed by atoms with van der Waals surface area (Å²) < 4.78 is 27.7. The van der Waals surface area contributed by atoms with Gasteiger partial charge >= 0.3 is 0 Å². The first-order valence-corrected chi connectivity index (χ1v) is 12.6. The van der Waals surface area contributed by atoms with Crippen LogP contribution in [0.4, 0.5) is 0 Å². The molecule has 1 heterocycles. The SMILES string of the molecule is Cn1c(SCCS(=O)(=O)c2ccc(Br)cc2)nnc1-c1ccc(C(C)(C)C)cc1. The van der Waals surface area contributed by atoms with E-state index in [2.05, 4.69) is 71.2 Å². The Morgan fingerprint density at radius 2 is 1.62 bits per heavy atom. The number of nitrogens with zero attached hydrogens (tertiary/aromatic N) is 3. The van der Waals surface area contributed by atoms with Crippen LogP contribution in [0.15, 0.2) is 63.1 Å². The molecule has 1 aromatic heterocycles. The number of halogens is 1. The van der Waals surface area contributed by atoms with E-state index in [-0.39, 0.29) is 11.2 Å². The second kappa shape index (κ2) is 8.62. The minimum absolute atomic E-state index is 0.0434. The maximum atomic E-state index is 12.5. The second-order valence-corrected chi connectivity index (χ2v) is 11.9. The average molecular weight is 494 g/mol. The molecule has 0 aliphatic rings. The third kappa shape index (κ3) is 5.29. The first-order chi connectivity index (χ1) is 13.6. The van der Waals surface area contributed by atoms with Gasteiger partial charge < -0.3 is 4.57 Å². The number of rotatable bonds is 6. The Bertz CT molecular complexity index is 1080. The molecule has 3 rings (SSSR count). The van der Waals surface area contributed by atoms with Crippen molar-refractivity contribution in [1.82, 2.24) is 14.8 Å². The summed E-state index contributed by atoms with van der Waals surface area (Å²) in [5.74, 6) is 1.22. The lowest BCUT2D eigenvalue weighted by molar-refractivity contribution is 0.590.